The molecule has 4 heterocycles. The van der Waals surface area contributed by atoms with E-state index in [0.29, 0.717) is 41.8 Å². The number of nitrogens with one attached hydrogen (secondary N) is 2. The number of nitrogens with zero attached hydrogens (tertiary/aromatic N) is 3. The fraction of sp³-hybridized carbons (Fsp3) is 0.423. The van der Waals surface area contributed by atoms with Crippen LogP contribution in [0, 0.1) is 0 Å². The zero-order valence-corrected chi connectivity index (χ0v) is 21.1. The summed E-state index contributed by atoms with van der Waals surface area (Å²) >= 11 is 6.62. The Labute approximate surface area is 219 Å². The summed E-state index contributed by atoms with van der Waals surface area (Å²) in [6, 6.07) is 5.85. The Morgan fingerprint density at radius 2 is 2.22 bits per heavy atom. The van der Waals surface area contributed by atoms with E-state index in [2.05, 4.69) is 25.5 Å². The van der Waals surface area contributed by atoms with Crippen LogP contribution in [0.5, 0.6) is 5.75 Å². The van der Waals surface area contributed by atoms with Gasteiger partial charge in [0.1, 0.15) is 12.4 Å². The number of pyridine rings is 1. The molecule has 0 bridgehead atoms. The van der Waals surface area contributed by atoms with Gasteiger partial charge in [0.05, 0.1) is 41.2 Å². The van der Waals surface area contributed by atoms with E-state index in [-0.39, 0.29) is 25.1 Å². The number of oxazole rings is 1. The van der Waals surface area contributed by atoms with Gasteiger partial charge >= 0.3 is 0 Å². The van der Waals surface area contributed by atoms with Gasteiger partial charge in [0, 0.05) is 45.2 Å². The number of halogens is 1. The zero-order valence-electron chi connectivity index (χ0n) is 20.4. The number of anilines is 1. The molecule has 2 atom stereocenters. The van der Waals surface area contributed by atoms with Gasteiger partial charge in [-0.15, -0.1) is 0 Å². The molecule has 0 aliphatic carbocycles. The van der Waals surface area contributed by atoms with Crippen molar-refractivity contribution in [2.75, 3.05) is 38.2 Å². The van der Waals surface area contributed by atoms with E-state index in [1.165, 1.54) is 12.6 Å². The molecule has 0 radical (unpaired) electrons. The third kappa shape index (κ3) is 6.58. The van der Waals surface area contributed by atoms with Crippen molar-refractivity contribution in [2.24, 2.45) is 0 Å². The van der Waals surface area contributed by atoms with E-state index >= 15 is 0 Å². The SMILES string of the molecule is O=C(NCC(O)CN1CCc2c(ccc(OCc3cnco3)c2Cl)C1)c1cncc(NC2CCOC2)c1. The van der Waals surface area contributed by atoms with Crippen LogP contribution in [0.3, 0.4) is 0 Å². The first-order valence-electron chi connectivity index (χ1n) is 12.3. The topological polar surface area (TPSA) is 122 Å². The van der Waals surface area contributed by atoms with Crippen LogP contribution >= 0.6 is 11.6 Å². The van der Waals surface area contributed by atoms with Crippen LogP contribution in [0.1, 0.15) is 33.7 Å². The standard InChI is InChI=1S/C26H30ClN5O5/c27-25-23-3-5-32(12-17(23)1-2-24(25)36-15-22-11-29-16-37-22)13-21(33)10-30-26(34)18-7-20(9-28-8-18)31-19-4-6-35-14-19/h1-2,7-9,11,16,19,21,31,33H,3-6,10,12-15H2,(H,30,34). The maximum absolute atomic E-state index is 12.6. The summed E-state index contributed by atoms with van der Waals surface area (Å²) in [5, 5.41) is 17.3. The van der Waals surface area contributed by atoms with Crippen LogP contribution < -0.4 is 15.4 Å². The number of aliphatic hydroxyl groups excluding tert-OH is 1. The largest absolute Gasteiger partial charge is 0.484 e. The van der Waals surface area contributed by atoms with Gasteiger partial charge in [-0.3, -0.25) is 14.7 Å². The number of hydrogen-bond donors (Lipinski definition) is 3. The van der Waals surface area contributed by atoms with Crippen LogP contribution in [-0.2, 0) is 24.3 Å². The molecule has 3 aromatic rings. The lowest BCUT2D eigenvalue weighted by molar-refractivity contribution is 0.0841. The van der Waals surface area contributed by atoms with Crippen molar-refractivity contribution < 1.29 is 23.8 Å². The highest BCUT2D eigenvalue weighted by molar-refractivity contribution is 6.33. The highest BCUT2D eigenvalue weighted by Crippen LogP contribution is 2.34. The number of hydrogen-bond acceptors (Lipinski definition) is 9. The van der Waals surface area contributed by atoms with Gasteiger partial charge in [-0.1, -0.05) is 17.7 Å². The number of carbonyl (C=O) groups is 1. The molecule has 37 heavy (non-hydrogen) atoms. The summed E-state index contributed by atoms with van der Waals surface area (Å²) in [5.41, 5.74) is 3.38. The van der Waals surface area contributed by atoms with Gasteiger partial charge in [0.2, 0.25) is 0 Å². The molecule has 10 nitrogen and oxygen atoms in total. The van der Waals surface area contributed by atoms with Crippen LogP contribution in [0.25, 0.3) is 0 Å². The molecule has 5 rings (SSSR count). The minimum absolute atomic E-state index is 0.144. The lowest BCUT2D eigenvalue weighted by Gasteiger charge is -2.31. The summed E-state index contributed by atoms with van der Waals surface area (Å²) in [7, 11) is 0. The maximum Gasteiger partial charge on any atom is 0.253 e. The molecule has 11 heteroatoms. The average Bonchev–Trinajstić information content (AvgIpc) is 3.62. The fourth-order valence-electron chi connectivity index (χ4n) is 4.58. The van der Waals surface area contributed by atoms with Crippen molar-refractivity contribution in [3.8, 4) is 5.75 Å². The second kappa shape index (κ2) is 11.9. The number of aliphatic hydroxyl groups is 1. The van der Waals surface area contributed by atoms with Crippen LogP contribution in [0.15, 0.2) is 47.6 Å². The molecular formula is C26H30ClN5O5. The second-order valence-electron chi connectivity index (χ2n) is 9.29. The van der Waals surface area contributed by atoms with E-state index in [1.807, 2.05) is 12.1 Å². The summed E-state index contributed by atoms with van der Waals surface area (Å²) in [4.78, 5) is 22.8. The summed E-state index contributed by atoms with van der Waals surface area (Å²) in [5.74, 6) is 0.964. The number of ether oxygens (including phenoxy) is 2. The molecule has 2 aliphatic heterocycles. The van der Waals surface area contributed by atoms with Crippen LogP contribution in [0.4, 0.5) is 5.69 Å². The minimum Gasteiger partial charge on any atom is -0.484 e. The molecule has 2 aromatic heterocycles. The minimum atomic E-state index is -0.713. The number of β-amino-alcohol motifs (C(OH)–C–C–N with tert-alkyl or cyclic N) is 1. The van der Waals surface area contributed by atoms with Crippen molar-refractivity contribution in [2.45, 2.75) is 38.1 Å². The maximum atomic E-state index is 12.6. The zero-order chi connectivity index (χ0) is 25.6. The number of rotatable bonds is 10. The Morgan fingerprint density at radius 3 is 3.03 bits per heavy atom. The van der Waals surface area contributed by atoms with E-state index in [9.17, 15) is 9.90 Å². The summed E-state index contributed by atoms with van der Waals surface area (Å²) in [6.45, 7) is 3.62. The normalized spacial score (nSPS) is 18.3. The summed E-state index contributed by atoms with van der Waals surface area (Å²) < 4.78 is 16.4. The number of carbonyl (C=O) groups excluding carboxylic acids is 1. The molecule has 0 spiro atoms. The Morgan fingerprint density at radius 1 is 1.30 bits per heavy atom. The van der Waals surface area contributed by atoms with Gasteiger partial charge in [0.25, 0.3) is 5.91 Å². The van der Waals surface area contributed by atoms with Gasteiger partial charge in [-0.05, 0) is 36.1 Å². The lowest BCUT2D eigenvalue weighted by atomic mass is 9.99. The Bertz CT molecular complexity index is 1200. The van der Waals surface area contributed by atoms with E-state index < -0.39 is 6.10 Å². The first-order valence-corrected chi connectivity index (χ1v) is 12.7. The van der Waals surface area contributed by atoms with Crippen molar-refractivity contribution in [3.63, 3.8) is 0 Å². The van der Waals surface area contributed by atoms with E-state index in [4.69, 9.17) is 25.5 Å². The quantitative estimate of drug-likeness (QED) is 0.365. The molecule has 1 amide bonds. The Kier molecular flexibility index (Phi) is 8.20. The van der Waals surface area contributed by atoms with Crippen LogP contribution in [-0.4, -0.2) is 70.9 Å². The van der Waals surface area contributed by atoms with E-state index in [0.717, 1.165) is 42.8 Å². The fourth-order valence-corrected chi connectivity index (χ4v) is 4.91. The van der Waals surface area contributed by atoms with Gasteiger partial charge in [-0.25, -0.2) is 4.98 Å². The molecular weight excluding hydrogens is 498 g/mol. The van der Waals surface area contributed by atoms with Crippen molar-refractivity contribution >= 4 is 23.2 Å². The average molecular weight is 528 g/mol. The number of aromatic nitrogens is 2. The Balaban J connectivity index is 1.10. The highest BCUT2D eigenvalue weighted by Gasteiger charge is 2.23. The molecule has 0 saturated carbocycles. The molecule has 1 saturated heterocycles. The lowest BCUT2D eigenvalue weighted by Crippen LogP contribution is -2.42. The molecule has 3 N–H and O–H groups in total. The number of fused-ring (bicyclic) bond motifs is 1. The monoisotopic (exact) mass is 527 g/mol. The van der Waals surface area contributed by atoms with Crippen LogP contribution in [0.2, 0.25) is 5.02 Å². The molecule has 2 unspecified atom stereocenters. The third-order valence-electron chi connectivity index (χ3n) is 6.50. The predicted molar refractivity (Wildman–Crippen MR) is 137 cm³/mol. The van der Waals surface area contributed by atoms with Gasteiger partial charge in [-0.2, -0.15) is 0 Å². The first kappa shape index (κ1) is 25.5. The molecule has 196 valence electrons. The van der Waals surface area contributed by atoms with Gasteiger partial charge in [0.15, 0.2) is 12.2 Å². The first-order chi connectivity index (χ1) is 18.0. The van der Waals surface area contributed by atoms with Crippen molar-refractivity contribution in [1.82, 2.24) is 20.2 Å². The molecule has 1 aromatic carbocycles. The smallest absolute Gasteiger partial charge is 0.253 e. The number of amides is 1. The Hall–Kier alpha value is -3.18. The van der Waals surface area contributed by atoms with Gasteiger partial charge < -0.3 is 29.6 Å². The van der Waals surface area contributed by atoms with E-state index in [1.54, 1.807) is 18.5 Å². The molecule has 2 aliphatic rings. The van der Waals surface area contributed by atoms with Crippen molar-refractivity contribution in [3.05, 3.63) is 70.7 Å². The van der Waals surface area contributed by atoms with Crippen molar-refractivity contribution in [1.29, 1.82) is 0 Å². The predicted octanol–water partition coefficient (Wildman–Crippen LogP) is 2.65. The summed E-state index contributed by atoms with van der Waals surface area (Å²) in [6.07, 6.45) is 7.13. The third-order valence-corrected chi connectivity index (χ3v) is 6.91. The molecule has 1 fully saturated rings. The second-order valence-corrected chi connectivity index (χ2v) is 9.67. The highest BCUT2D eigenvalue weighted by atomic mass is 35.5. The number of benzene rings is 1.